The first-order chi connectivity index (χ1) is 6.74. The number of guanidine groups is 1. The highest BCUT2D eigenvalue weighted by Crippen LogP contribution is 2.11. The van der Waals surface area contributed by atoms with Crippen LogP contribution in [0.15, 0.2) is 29.3 Å². The summed E-state index contributed by atoms with van der Waals surface area (Å²) in [6, 6.07) is 6.34. The molecule has 0 spiro atoms. The van der Waals surface area contributed by atoms with Gasteiger partial charge in [0.15, 0.2) is 5.96 Å². The molecule has 0 aliphatic rings. The maximum Gasteiger partial charge on any atom is 0.193 e. The van der Waals surface area contributed by atoms with Gasteiger partial charge in [-0.15, -0.1) is 0 Å². The van der Waals surface area contributed by atoms with Gasteiger partial charge in [0, 0.05) is 6.54 Å². The second kappa shape index (κ2) is 5.21. The number of anilines is 1. The lowest BCUT2D eigenvalue weighted by molar-refractivity contribution is 0.632. The molecule has 0 saturated carbocycles. The molecule has 0 amide bonds. The Kier molecular flexibility index (Phi) is 3.91. The lowest BCUT2D eigenvalue weighted by Gasteiger charge is -2.05. The van der Waals surface area contributed by atoms with Gasteiger partial charge >= 0.3 is 0 Å². The number of para-hydroxylation sites is 1. The molecule has 0 bridgehead atoms. The van der Waals surface area contributed by atoms with Crippen LogP contribution >= 0.6 is 0 Å². The minimum Gasteiger partial charge on any atom is -0.370 e. The summed E-state index contributed by atoms with van der Waals surface area (Å²) in [6.45, 7) is 2.65. The van der Waals surface area contributed by atoms with E-state index in [0.29, 0.717) is 12.2 Å². The van der Waals surface area contributed by atoms with Gasteiger partial charge in [0.25, 0.3) is 0 Å². The summed E-state index contributed by atoms with van der Waals surface area (Å²) in [7, 11) is 0. The summed E-state index contributed by atoms with van der Waals surface area (Å²) in [5, 5.41) is 2.70. The highest BCUT2D eigenvalue weighted by molar-refractivity contribution is 5.92. The third kappa shape index (κ3) is 3.05. The first-order valence-electron chi connectivity index (χ1n) is 4.55. The Balaban J connectivity index is 2.64. The van der Waals surface area contributed by atoms with Crippen LogP contribution in [0.4, 0.5) is 10.1 Å². The normalized spacial score (nSPS) is 11.4. The third-order valence-electron chi connectivity index (χ3n) is 1.64. The largest absolute Gasteiger partial charge is 0.370 e. The molecule has 0 radical (unpaired) electrons. The number of hydrogen-bond acceptors (Lipinski definition) is 1. The summed E-state index contributed by atoms with van der Waals surface area (Å²) < 4.78 is 13.1. The predicted octanol–water partition coefficient (Wildman–Crippen LogP) is 1.96. The van der Waals surface area contributed by atoms with E-state index in [1.165, 1.54) is 6.07 Å². The SMILES string of the molecule is CCCN=C(N)Nc1ccccc1F. The van der Waals surface area contributed by atoms with E-state index in [9.17, 15) is 4.39 Å². The molecule has 0 aromatic heterocycles. The van der Waals surface area contributed by atoms with Crippen molar-refractivity contribution in [3.8, 4) is 0 Å². The van der Waals surface area contributed by atoms with Crippen molar-refractivity contribution >= 4 is 11.6 Å². The van der Waals surface area contributed by atoms with Crippen LogP contribution in [0.3, 0.4) is 0 Å². The van der Waals surface area contributed by atoms with Crippen LogP contribution in [0, 0.1) is 5.82 Å². The highest BCUT2D eigenvalue weighted by Gasteiger charge is 2.00. The van der Waals surface area contributed by atoms with E-state index in [1.807, 2.05) is 6.92 Å². The van der Waals surface area contributed by atoms with Gasteiger partial charge in [-0.1, -0.05) is 19.1 Å². The topological polar surface area (TPSA) is 50.4 Å². The van der Waals surface area contributed by atoms with Crippen LogP contribution in [-0.2, 0) is 0 Å². The van der Waals surface area contributed by atoms with Crippen LogP contribution in [0.1, 0.15) is 13.3 Å². The van der Waals surface area contributed by atoms with Gasteiger partial charge in [0.1, 0.15) is 5.82 Å². The molecule has 0 aliphatic carbocycles. The van der Waals surface area contributed by atoms with Gasteiger partial charge in [-0.3, -0.25) is 4.99 Å². The average Bonchev–Trinajstić information content (AvgIpc) is 2.18. The fraction of sp³-hybridized carbons (Fsp3) is 0.300. The van der Waals surface area contributed by atoms with Crippen LogP contribution < -0.4 is 11.1 Å². The molecule has 0 atom stereocenters. The molecule has 3 N–H and O–H groups in total. The average molecular weight is 195 g/mol. The number of nitrogens with one attached hydrogen (secondary N) is 1. The highest BCUT2D eigenvalue weighted by atomic mass is 19.1. The molecule has 1 rings (SSSR count). The molecular formula is C10H14FN3. The van der Waals surface area contributed by atoms with Crippen molar-refractivity contribution in [2.45, 2.75) is 13.3 Å². The Morgan fingerprint density at radius 1 is 1.50 bits per heavy atom. The van der Waals surface area contributed by atoms with E-state index >= 15 is 0 Å². The molecule has 1 aromatic rings. The monoisotopic (exact) mass is 195 g/mol. The summed E-state index contributed by atoms with van der Waals surface area (Å²) in [5.41, 5.74) is 5.88. The molecule has 0 fully saturated rings. The van der Waals surface area contributed by atoms with Crippen LogP contribution in [0.25, 0.3) is 0 Å². The number of rotatable bonds is 3. The molecule has 0 aliphatic heterocycles. The minimum absolute atomic E-state index is 0.247. The second-order valence-electron chi connectivity index (χ2n) is 2.87. The Hall–Kier alpha value is -1.58. The first kappa shape index (κ1) is 10.5. The maximum atomic E-state index is 13.1. The summed E-state index contributed by atoms with van der Waals surface area (Å²) >= 11 is 0. The Bertz CT molecular complexity index is 323. The molecule has 1 aromatic carbocycles. The zero-order valence-electron chi connectivity index (χ0n) is 8.13. The molecule has 76 valence electrons. The van der Waals surface area contributed by atoms with Crippen LogP contribution in [0.5, 0.6) is 0 Å². The molecule has 0 heterocycles. The van der Waals surface area contributed by atoms with Gasteiger partial charge in [0.2, 0.25) is 0 Å². The maximum absolute atomic E-state index is 13.1. The summed E-state index contributed by atoms with van der Waals surface area (Å²) in [5.74, 6) is -0.0842. The number of nitrogens with two attached hydrogens (primary N) is 1. The van der Waals surface area contributed by atoms with E-state index in [0.717, 1.165) is 6.42 Å². The molecular weight excluding hydrogens is 181 g/mol. The van der Waals surface area contributed by atoms with Crippen molar-refractivity contribution in [1.29, 1.82) is 0 Å². The molecule has 0 unspecified atom stereocenters. The molecule has 0 saturated heterocycles. The zero-order chi connectivity index (χ0) is 10.4. The zero-order valence-corrected chi connectivity index (χ0v) is 8.13. The standard InChI is InChI=1S/C10H14FN3/c1-2-7-13-10(12)14-9-6-4-3-5-8(9)11/h3-6H,2,7H2,1H3,(H3,12,13,14). The van der Waals surface area contributed by atoms with Gasteiger partial charge in [-0.25, -0.2) is 4.39 Å². The number of nitrogens with zero attached hydrogens (tertiary/aromatic N) is 1. The number of hydrogen-bond donors (Lipinski definition) is 2. The van der Waals surface area contributed by atoms with Crippen molar-refractivity contribution in [2.24, 2.45) is 10.7 Å². The Morgan fingerprint density at radius 3 is 2.86 bits per heavy atom. The fourth-order valence-corrected chi connectivity index (χ4v) is 0.972. The lowest BCUT2D eigenvalue weighted by Crippen LogP contribution is -2.23. The Labute approximate surface area is 82.8 Å². The molecule has 3 nitrogen and oxygen atoms in total. The van der Waals surface area contributed by atoms with E-state index in [1.54, 1.807) is 18.2 Å². The Morgan fingerprint density at radius 2 is 2.21 bits per heavy atom. The van der Waals surface area contributed by atoms with Crippen LogP contribution in [-0.4, -0.2) is 12.5 Å². The van der Waals surface area contributed by atoms with Crippen molar-refractivity contribution in [2.75, 3.05) is 11.9 Å². The first-order valence-corrected chi connectivity index (χ1v) is 4.55. The number of benzene rings is 1. The quantitative estimate of drug-likeness (QED) is 0.572. The predicted molar refractivity (Wildman–Crippen MR) is 56.8 cm³/mol. The smallest absolute Gasteiger partial charge is 0.193 e. The fourth-order valence-electron chi connectivity index (χ4n) is 0.972. The lowest BCUT2D eigenvalue weighted by atomic mass is 10.3. The summed E-state index contributed by atoms with van der Waals surface area (Å²) in [4.78, 5) is 4.00. The van der Waals surface area contributed by atoms with E-state index in [-0.39, 0.29) is 11.8 Å². The van der Waals surface area contributed by atoms with Gasteiger partial charge < -0.3 is 11.1 Å². The van der Waals surface area contributed by atoms with Crippen molar-refractivity contribution in [1.82, 2.24) is 0 Å². The van der Waals surface area contributed by atoms with Crippen molar-refractivity contribution in [3.63, 3.8) is 0 Å². The molecule has 14 heavy (non-hydrogen) atoms. The third-order valence-corrected chi connectivity index (χ3v) is 1.64. The van der Waals surface area contributed by atoms with Crippen molar-refractivity contribution < 1.29 is 4.39 Å². The van der Waals surface area contributed by atoms with E-state index in [2.05, 4.69) is 10.3 Å². The van der Waals surface area contributed by atoms with E-state index < -0.39 is 0 Å². The summed E-state index contributed by atoms with van der Waals surface area (Å²) in [6.07, 6.45) is 0.916. The van der Waals surface area contributed by atoms with Gasteiger partial charge in [-0.2, -0.15) is 0 Å². The molecule has 4 heteroatoms. The van der Waals surface area contributed by atoms with Crippen LogP contribution in [0.2, 0.25) is 0 Å². The number of halogens is 1. The van der Waals surface area contributed by atoms with Gasteiger partial charge in [-0.05, 0) is 18.6 Å². The van der Waals surface area contributed by atoms with Crippen molar-refractivity contribution in [3.05, 3.63) is 30.1 Å². The van der Waals surface area contributed by atoms with E-state index in [4.69, 9.17) is 5.73 Å². The minimum atomic E-state index is -0.331. The number of aliphatic imine (C=N–C) groups is 1. The second-order valence-corrected chi connectivity index (χ2v) is 2.87. The van der Waals surface area contributed by atoms with Gasteiger partial charge in [0.05, 0.1) is 5.69 Å².